The SMILES string of the molecule is FOc1ccc(F)c(OF)c1F. The molecule has 0 saturated heterocycles. The molecular weight excluding hydrogens is 180 g/mol. The van der Waals surface area contributed by atoms with Crippen LogP contribution in [0.15, 0.2) is 12.1 Å². The number of hydrogen-bond donors (Lipinski definition) is 0. The molecule has 0 unspecified atom stereocenters. The average molecular weight is 182 g/mol. The molecule has 0 radical (unpaired) electrons. The first-order valence-corrected chi connectivity index (χ1v) is 2.76. The Kier molecular flexibility index (Phi) is 2.37. The summed E-state index contributed by atoms with van der Waals surface area (Å²) in [5, 5.41) is 0. The van der Waals surface area contributed by atoms with Crippen LogP contribution < -0.4 is 9.88 Å². The number of halogens is 4. The van der Waals surface area contributed by atoms with E-state index < -0.39 is 23.1 Å². The Hall–Kier alpha value is -1.46. The van der Waals surface area contributed by atoms with Crippen molar-refractivity contribution in [3.63, 3.8) is 0 Å². The molecule has 2 nitrogen and oxygen atoms in total. The third-order valence-electron chi connectivity index (χ3n) is 1.17. The lowest BCUT2D eigenvalue weighted by Crippen LogP contribution is -1.91. The van der Waals surface area contributed by atoms with E-state index in [1.807, 2.05) is 0 Å². The molecule has 6 heteroatoms. The highest BCUT2D eigenvalue weighted by atomic mass is 19.3. The van der Waals surface area contributed by atoms with E-state index >= 15 is 0 Å². The van der Waals surface area contributed by atoms with Crippen molar-refractivity contribution < 1.29 is 27.7 Å². The molecule has 0 N–H and O–H groups in total. The average Bonchev–Trinajstić information content (AvgIpc) is 2.06. The van der Waals surface area contributed by atoms with Gasteiger partial charge in [-0.2, -0.15) is 4.39 Å². The van der Waals surface area contributed by atoms with E-state index in [1.165, 1.54) is 0 Å². The third-order valence-corrected chi connectivity index (χ3v) is 1.17. The zero-order valence-corrected chi connectivity index (χ0v) is 5.48. The predicted octanol–water partition coefficient (Wildman–Crippen LogP) is 2.49. The van der Waals surface area contributed by atoms with Crippen LogP contribution in [0.4, 0.5) is 17.8 Å². The lowest BCUT2D eigenvalue weighted by molar-refractivity contribution is -0.0268. The summed E-state index contributed by atoms with van der Waals surface area (Å²) in [7, 11) is 0. The maximum atomic E-state index is 12.6. The highest BCUT2D eigenvalue weighted by Crippen LogP contribution is 2.29. The van der Waals surface area contributed by atoms with Gasteiger partial charge in [-0.1, -0.05) is 0 Å². The molecule has 0 aliphatic heterocycles. The monoisotopic (exact) mass is 182 g/mol. The van der Waals surface area contributed by atoms with Crippen molar-refractivity contribution in [2.45, 2.75) is 0 Å². The predicted molar refractivity (Wildman–Crippen MR) is 29.8 cm³/mol. The largest absolute Gasteiger partial charge is 0.291 e. The topological polar surface area (TPSA) is 18.5 Å². The Morgan fingerprint density at radius 3 is 2.17 bits per heavy atom. The summed E-state index contributed by atoms with van der Waals surface area (Å²) in [6.07, 6.45) is 0. The third kappa shape index (κ3) is 1.27. The summed E-state index contributed by atoms with van der Waals surface area (Å²) in [5.41, 5.74) is 0. The standard InChI is InChI=1S/C6H2F4O2/c7-3-1-2-4(11-9)5(8)6(3)12-10/h1-2H. The molecule has 0 aliphatic rings. The molecule has 0 spiro atoms. The molecule has 0 aromatic heterocycles. The van der Waals surface area contributed by atoms with Gasteiger partial charge in [0.2, 0.25) is 17.3 Å². The maximum Gasteiger partial charge on any atom is 0.246 e. The first-order chi connectivity index (χ1) is 5.70. The Morgan fingerprint density at radius 1 is 1.00 bits per heavy atom. The lowest BCUT2D eigenvalue weighted by Gasteiger charge is -2.00. The second kappa shape index (κ2) is 3.29. The summed E-state index contributed by atoms with van der Waals surface area (Å²) >= 11 is 0. The van der Waals surface area contributed by atoms with Crippen LogP contribution in [0.5, 0.6) is 11.5 Å². The molecule has 0 heterocycles. The highest BCUT2D eigenvalue weighted by Gasteiger charge is 2.17. The van der Waals surface area contributed by atoms with Crippen LogP contribution in [-0.4, -0.2) is 0 Å². The molecular formula is C6H2F4O2. The smallest absolute Gasteiger partial charge is 0.246 e. The van der Waals surface area contributed by atoms with Crippen LogP contribution in [0.3, 0.4) is 0 Å². The Balaban J connectivity index is 3.24. The molecule has 1 aromatic rings. The van der Waals surface area contributed by atoms with Crippen molar-refractivity contribution >= 4 is 0 Å². The molecule has 0 bridgehead atoms. The van der Waals surface area contributed by atoms with E-state index in [9.17, 15) is 17.8 Å². The summed E-state index contributed by atoms with van der Waals surface area (Å²) < 4.78 is 47.7. The van der Waals surface area contributed by atoms with E-state index in [0.29, 0.717) is 12.1 Å². The van der Waals surface area contributed by atoms with Crippen LogP contribution in [0.1, 0.15) is 0 Å². The molecule has 0 saturated carbocycles. The summed E-state index contributed by atoms with van der Waals surface area (Å²) in [4.78, 5) is 5.78. The van der Waals surface area contributed by atoms with Gasteiger partial charge < -0.3 is 0 Å². The molecule has 12 heavy (non-hydrogen) atoms. The van der Waals surface area contributed by atoms with E-state index in [1.54, 1.807) is 0 Å². The van der Waals surface area contributed by atoms with Gasteiger partial charge in [-0.3, -0.25) is 9.88 Å². The molecule has 0 aliphatic carbocycles. The van der Waals surface area contributed by atoms with Gasteiger partial charge in [-0.05, 0) is 12.1 Å². The van der Waals surface area contributed by atoms with Crippen LogP contribution in [0.25, 0.3) is 0 Å². The van der Waals surface area contributed by atoms with E-state index in [0.717, 1.165) is 0 Å². The van der Waals surface area contributed by atoms with Crippen LogP contribution in [0.2, 0.25) is 0 Å². The zero-order valence-electron chi connectivity index (χ0n) is 5.48. The van der Waals surface area contributed by atoms with Gasteiger partial charge in [-0.15, -0.1) is 0 Å². The molecule has 66 valence electrons. The summed E-state index contributed by atoms with van der Waals surface area (Å²) in [6.45, 7) is 0. The zero-order chi connectivity index (χ0) is 9.14. The fourth-order valence-corrected chi connectivity index (χ4v) is 0.645. The van der Waals surface area contributed by atoms with Gasteiger partial charge in [0.25, 0.3) is 0 Å². The van der Waals surface area contributed by atoms with E-state index in [2.05, 4.69) is 9.88 Å². The van der Waals surface area contributed by atoms with Crippen molar-refractivity contribution in [1.29, 1.82) is 0 Å². The van der Waals surface area contributed by atoms with Crippen LogP contribution >= 0.6 is 0 Å². The van der Waals surface area contributed by atoms with Gasteiger partial charge in [0.15, 0.2) is 5.82 Å². The van der Waals surface area contributed by atoms with E-state index in [4.69, 9.17) is 0 Å². The van der Waals surface area contributed by atoms with Gasteiger partial charge in [0, 0.05) is 9.05 Å². The quantitative estimate of drug-likeness (QED) is 0.654. The van der Waals surface area contributed by atoms with Crippen molar-refractivity contribution in [3.05, 3.63) is 23.8 Å². The van der Waals surface area contributed by atoms with Gasteiger partial charge in [-0.25, -0.2) is 4.39 Å². The second-order valence-corrected chi connectivity index (χ2v) is 1.84. The number of hydrogen-bond acceptors (Lipinski definition) is 2. The normalized spacial score (nSPS) is 9.67. The van der Waals surface area contributed by atoms with Gasteiger partial charge in [0.05, 0.1) is 0 Å². The fraction of sp³-hybridized carbons (Fsp3) is 0. The van der Waals surface area contributed by atoms with Crippen molar-refractivity contribution in [1.82, 2.24) is 0 Å². The second-order valence-electron chi connectivity index (χ2n) is 1.84. The minimum absolute atomic E-state index is 0.604. The minimum atomic E-state index is -1.57. The Labute approximate surface area is 64.1 Å². The summed E-state index contributed by atoms with van der Waals surface area (Å²) in [5.74, 6) is -5.12. The molecule has 0 atom stereocenters. The first kappa shape index (κ1) is 8.63. The summed E-state index contributed by atoms with van der Waals surface area (Å²) in [6, 6.07) is 1.26. The maximum absolute atomic E-state index is 12.6. The van der Waals surface area contributed by atoms with E-state index in [-0.39, 0.29) is 0 Å². The number of benzene rings is 1. The van der Waals surface area contributed by atoms with Crippen LogP contribution in [0, 0.1) is 11.6 Å². The fourth-order valence-electron chi connectivity index (χ4n) is 0.645. The molecule has 0 fully saturated rings. The van der Waals surface area contributed by atoms with Crippen molar-refractivity contribution in [2.24, 2.45) is 0 Å². The van der Waals surface area contributed by atoms with Gasteiger partial charge in [0.1, 0.15) is 0 Å². The molecule has 0 amide bonds. The van der Waals surface area contributed by atoms with Crippen molar-refractivity contribution in [2.75, 3.05) is 0 Å². The molecule has 1 rings (SSSR count). The van der Waals surface area contributed by atoms with Gasteiger partial charge >= 0.3 is 0 Å². The minimum Gasteiger partial charge on any atom is -0.291 e. The lowest BCUT2D eigenvalue weighted by atomic mass is 10.3. The van der Waals surface area contributed by atoms with Crippen LogP contribution in [-0.2, 0) is 0 Å². The Bertz CT molecular complexity index is 289. The molecule has 1 aromatic carbocycles. The van der Waals surface area contributed by atoms with Crippen molar-refractivity contribution in [3.8, 4) is 11.5 Å². The Morgan fingerprint density at radius 2 is 1.67 bits per heavy atom. The first-order valence-electron chi connectivity index (χ1n) is 2.76. The highest BCUT2D eigenvalue weighted by molar-refractivity contribution is 5.36. The number of rotatable bonds is 2.